The molecule has 1 aromatic heterocycles. The zero-order chi connectivity index (χ0) is 17.0. The molecule has 0 bridgehead atoms. The number of hydrogen-bond acceptors (Lipinski definition) is 2. The van der Waals surface area contributed by atoms with E-state index in [9.17, 15) is 4.79 Å². The number of fused-ring (bicyclic) bond motifs is 2. The summed E-state index contributed by atoms with van der Waals surface area (Å²) in [5.74, 6) is 0.0723. The number of unbranched alkanes of at least 4 members (excludes halogenated alkanes) is 1. The molecule has 3 nitrogen and oxygen atoms in total. The molecule has 0 radical (unpaired) electrons. The van der Waals surface area contributed by atoms with Crippen molar-refractivity contribution in [3.8, 4) is 0 Å². The van der Waals surface area contributed by atoms with Gasteiger partial charge in [-0.2, -0.15) is 0 Å². The highest BCUT2D eigenvalue weighted by Crippen LogP contribution is 2.43. The van der Waals surface area contributed by atoms with Crippen molar-refractivity contribution in [3.05, 3.63) is 46.0 Å². The van der Waals surface area contributed by atoms with Crippen molar-refractivity contribution in [2.45, 2.75) is 33.6 Å². The summed E-state index contributed by atoms with van der Waals surface area (Å²) in [6, 6.07) is 7.71. The van der Waals surface area contributed by atoms with Crippen LogP contribution in [0, 0.1) is 13.8 Å². The highest BCUT2D eigenvalue weighted by atomic mass is 35.5. The molecule has 2 heterocycles. The van der Waals surface area contributed by atoms with Crippen molar-refractivity contribution in [2.24, 2.45) is 0 Å². The van der Waals surface area contributed by atoms with Crippen molar-refractivity contribution >= 4 is 45.0 Å². The third-order valence-electron chi connectivity index (χ3n) is 4.99. The normalized spacial score (nSPS) is 13.5. The van der Waals surface area contributed by atoms with Crippen LogP contribution in [0.2, 0.25) is 5.02 Å². The molecule has 1 aliphatic heterocycles. The highest BCUT2D eigenvalue weighted by Gasteiger charge is 2.33. The van der Waals surface area contributed by atoms with Crippen LogP contribution in [0.1, 0.15) is 41.3 Å². The number of aromatic nitrogens is 1. The minimum atomic E-state index is 0.0723. The molecule has 0 fully saturated rings. The predicted octanol–water partition coefficient (Wildman–Crippen LogP) is 5.42. The van der Waals surface area contributed by atoms with Gasteiger partial charge in [0, 0.05) is 22.3 Å². The number of carbonyl (C=O) groups excluding carboxylic acids is 1. The van der Waals surface area contributed by atoms with E-state index in [1.807, 2.05) is 23.1 Å². The third kappa shape index (κ3) is 2.04. The lowest BCUT2D eigenvalue weighted by atomic mass is 9.99. The van der Waals surface area contributed by atoms with Crippen LogP contribution in [0.4, 0.5) is 5.69 Å². The number of aryl methyl sites for hydroxylation is 2. The van der Waals surface area contributed by atoms with Crippen LogP contribution in [0.25, 0.3) is 21.8 Å². The number of rotatable bonds is 3. The van der Waals surface area contributed by atoms with Crippen molar-refractivity contribution in [2.75, 3.05) is 11.4 Å². The SMILES string of the molecule is CCCCN1C(=O)c2c3cc(Cl)ccc3nc3c(C)c(C)cc1c23. The van der Waals surface area contributed by atoms with Crippen LogP contribution in [-0.4, -0.2) is 17.4 Å². The van der Waals surface area contributed by atoms with Gasteiger partial charge in [0.1, 0.15) is 0 Å². The topological polar surface area (TPSA) is 33.2 Å². The quantitative estimate of drug-likeness (QED) is 0.597. The standard InChI is InChI=1S/C20H19ClN2O/c1-4-5-8-23-16-9-11(2)12(3)19-18(16)17(20(23)24)14-10-13(21)6-7-15(14)22-19/h6-7,9-10H,4-5,8H2,1-3H3. The average Bonchev–Trinajstić information content (AvgIpc) is 2.84. The van der Waals surface area contributed by atoms with Crippen molar-refractivity contribution in [1.29, 1.82) is 0 Å². The van der Waals surface area contributed by atoms with Gasteiger partial charge in [-0.25, -0.2) is 4.98 Å². The molecule has 0 aliphatic carbocycles. The first-order valence-corrected chi connectivity index (χ1v) is 8.75. The van der Waals surface area contributed by atoms with Gasteiger partial charge in [-0.3, -0.25) is 4.79 Å². The Bertz CT molecular complexity index is 1010. The molecule has 1 aliphatic rings. The second kappa shape index (κ2) is 5.45. The number of anilines is 1. The summed E-state index contributed by atoms with van der Waals surface area (Å²) < 4.78 is 0. The summed E-state index contributed by atoms with van der Waals surface area (Å²) in [5, 5.41) is 2.46. The molecule has 0 N–H and O–H groups in total. The maximum absolute atomic E-state index is 13.2. The van der Waals surface area contributed by atoms with Gasteiger partial charge in [0.15, 0.2) is 0 Å². The minimum absolute atomic E-state index is 0.0723. The van der Waals surface area contributed by atoms with Crippen molar-refractivity contribution < 1.29 is 4.79 Å². The molecular formula is C20H19ClN2O. The van der Waals surface area contributed by atoms with Gasteiger partial charge < -0.3 is 4.90 Å². The molecular weight excluding hydrogens is 320 g/mol. The highest BCUT2D eigenvalue weighted by molar-refractivity contribution is 6.34. The molecule has 2 aromatic carbocycles. The summed E-state index contributed by atoms with van der Waals surface area (Å²) in [4.78, 5) is 20.0. The van der Waals surface area contributed by atoms with E-state index in [0.29, 0.717) is 5.02 Å². The number of halogens is 1. The number of amides is 1. The lowest BCUT2D eigenvalue weighted by Crippen LogP contribution is -2.27. The van der Waals surface area contributed by atoms with E-state index in [2.05, 4.69) is 26.8 Å². The lowest BCUT2D eigenvalue weighted by Gasteiger charge is -2.18. The van der Waals surface area contributed by atoms with E-state index < -0.39 is 0 Å². The van der Waals surface area contributed by atoms with Gasteiger partial charge >= 0.3 is 0 Å². The fraction of sp³-hybridized carbons (Fsp3) is 0.300. The Hall–Kier alpha value is -2.13. The van der Waals surface area contributed by atoms with Gasteiger partial charge in [0.2, 0.25) is 0 Å². The minimum Gasteiger partial charge on any atom is -0.308 e. The Morgan fingerprint density at radius 3 is 2.75 bits per heavy atom. The predicted molar refractivity (Wildman–Crippen MR) is 100 cm³/mol. The Morgan fingerprint density at radius 2 is 2.00 bits per heavy atom. The van der Waals surface area contributed by atoms with E-state index in [1.165, 1.54) is 5.56 Å². The van der Waals surface area contributed by atoms with Crippen LogP contribution >= 0.6 is 11.6 Å². The Balaban J connectivity index is 2.13. The Kier molecular flexibility index (Phi) is 3.50. The second-order valence-corrected chi connectivity index (χ2v) is 6.96. The second-order valence-electron chi connectivity index (χ2n) is 6.52. The lowest BCUT2D eigenvalue weighted by molar-refractivity contribution is 0.0994. The molecule has 4 rings (SSSR count). The molecule has 4 heteroatoms. The molecule has 0 atom stereocenters. The molecule has 0 saturated heterocycles. The van der Waals surface area contributed by atoms with E-state index in [0.717, 1.165) is 58.0 Å². The zero-order valence-electron chi connectivity index (χ0n) is 14.1. The summed E-state index contributed by atoms with van der Waals surface area (Å²) in [7, 11) is 0. The van der Waals surface area contributed by atoms with Gasteiger partial charge in [0.05, 0.1) is 22.3 Å². The summed E-state index contributed by atoms with van der Waals surface area (Å²) >= 11 is 6.19. The number of benzene rings is 2. The molecule has 1 amide bonds. The first-order valence-electron chi connectivity index (χ1n) is 8.38. The van der Waals surface area contributed by atoms with Crippen LogP contribution < -0.4 is 4.90 Å². The molecule has 3 aromatic rings. The summed E-state index contributed by atoms with van der Waals surface area (Å²) in [5.41, 5.74) is 5.81. The van der Waals surface area contributed by atoms with Crippen LogP contribution in [-0.2, 0) is 0 Å². The van der Waals surface area contributed by atoms with Crippen molar-refractivity contribution in [1.82, 2.24) is 4.98 Å². The molecule has 0 unspecified atom stereocenters. The monoisotopic (exact) mass is 338 g/mol. The average molecular weight is 339 g/mol. The van der Waals surface area contributed by atoms with E-state index >= 15 is 0 Å². The van der Waals surface area contributed by atoms with Crippen LogP contribution in [0.5, 0.6) is 0 Å². The van der Waals surface area contributed by atoms with Crippen LogP contribution in [0.15, 0.2) is 24.3 Å². The van der Waals surface area contributed by atoms with Gasteiger partial charge in [0.25, 0.3) is 5.91 Å². The number of carbonyl (C=O) groups is 1. The zero-order valence-corrected chi connectivity index (χ0v) is 14.9. The molecule has 0 saturated carbocycles. The number of hydrogen-bond donors (Lipinski definition) is 0. The first kappa shape index (κ1) is 15.4. The number of nitrogens with zero attached hydrogens (tertiary/aromatic N) is 2. The third-order valence-corrected chi connectivity index (χ3v) is 5.22. The molecule has 0 spiro atoms. The first-order chi connectivity index (χ1) is 11.5. The fourth-order valence-electron chi connectivity index (χ4n) is 3.55. The van der Waals surface area contributed by atoms with E-state index in [-0.39, 0.29) is 5.91 Å². The summed E-state index contributed by atoms with van der Waals surface area (Å²) in [6.07, 6.45) is 2.04. The van der Waals surface area contributed by atoms with Gasteiger partial charge in [-0.05, 0) is 55.7 Å². The molecule has 122 valence electrons. The fourth-order valence-corrected chi connectivity index (χ4v) is 3.72. The maximum atomic E-state index is 13.2. The van der Waals surface area contributed by atoms with Gasteiger partial charge in [-0.15, -0.1) is 0 Å². The summed E-state index contributed by atoms with van der Waals surface area (Å²) in [6.45, 7) is 7.04. The number of pyridine rings is 1. The largest absolute Gasteiger partial charge is 0.308 e. The van der Waals surface area contributed by atoms with Crippen molar-refractivity contribution in [3.63, 3.8) is 0 Å². The smallest absolute Gasteiger partial charge is 0.259 e. The Labute approximate surface area is 146 Å². The maximum Gasteiger partial charge on any atom is 0.259 e. The van der Waals surface area contributed by atoms with E-state index in [4.69, 9.17) is 16.6 Å². The van der Waals surface area contributed by atoms with Gasteiger partial charge in [-0.1, -0.05) is 24.9 Å². The van der Waals surface area contributed by atoms with Crippen LogP contribution in [0.3, 0.4) is 0 Å². The van der Waals surface area contributed by atoms with E-state index in [1.54, 1.807) is 0 Å². The Morgan fingerprint density at radius 1 is 1.21 bits per heavy atom. The molecule has 24 heavy (non-hydrogen) atoms.